The highest BCUT2D eigenvalue weighted by Crippen LogP contribution is 2.38. The predicted molar refractivity (Wildman–Crippen MR) is 136 cm³/mol. The van der Waals surface area contributed by atoms with Gasteiger partial charge in [0.1, 0.15) is 5.75 Å². The van der Waals surface area contributed by atoms with E-state index in [1.807, 2.05) is 0 Å². The van der Waals surface area contributed by atoms with Gasteiger partial charge < -0.3 is 9.84 Å². The summed E-state index contributed by atoms with van der Waals surface area (Å²) < 4.78 is 6.74. The maximum atomic E-state index is 11.4. The molecule has 0 bridgehead atoms. The van der Waals surface area contributed by atoms with Crippen molar-refractivity contribution in [3.63, 3.8) is 0 Å². The van der Waals surface area contributed by atoms with Crippen molar-refractivity contribution in [1.82, 2.24) is 4.90 Å². The number of carboxylic acid groups (broad SMARTS) is 1. The van der Waals surface area contributed by atoms with Gasteiger partial charge in [-0.1, -0.05) is 54.6 Å². The van der Waals surface area contributed by atoms with Crippen LogP contribution < -0.4 is 4.74 Å². The van der Waals surface area contributed by atoms with Crippen molar-refractivity contribution in [3.8, 4) is 5.75 Å². The minimum Gasteiger partial charge on any atom is -0.490 e. The Morgan fingerprint density at radius 1 is 0.912 bits per heavy atom. The normalized spacial score (nSPS) is 22.0. The van der Waals surface area contributed by atoms with E-state index in [2.05, 4.69) is 72.5 Å². The minimum absolute atomic E-state index is 0.207. The number of piperidine rings is 1. The Bertz CT molecular complexity index is 1130. The van der Waals surface area contributed by atoms with E-state index in [9.17, 15) is 9.90 Å². The summed E-state index contributed by atoms with van der Waals surface area (Å²) in [6.07, 6.45) is 6.18. The number of likely N-dealkylation sites (tertiary alicyclic amines) is 1. The Kier molecular flexibility index (Phi) is 6.87. The number of ether oxygens (including phenoxy) is 1. The summed E-state index contributed by atoms with van der Waals surface area (Å²) in [5.74, 6) is 0.784. The van der Waals surface area contributed by atoms with Gasteiger partial charge in [-0.15, -0.1) is 0 Å². The molecule has 0 radical (unpaired) electrons. The first kappa shape index (κ1) is 22.9. The van der Waals surface area contributed by atoms with Crippen LogP contribution >= 0.6 is 0 Å². The second kappa shape index (κ2) is 10.2. The van der Waals surface area contributed by atoms with Crippen LogP contribution in [-0.4, -0.2) is 35.2 Å². The van der Waals surface area contributed by atoms with E-state index in [4.69, 9.17) is 4.74 Å². The van der Waals surface area contributed by atoms with Crippen molar-refractivity contribution < 1.29 is 14.6 Å². The number of aryl methyl sites for hydroxylation is 1. The van der Waals surface area contributed by atoms with E-state index in [1.165, 1.54) is 40.3 Å². The number of nitrogens with zero attached hydrogens (tertiary/aromatic N) is 1. The molecule has 1 N–H and O–H groups in total. The molecular formula is C30H35NO3. The Hall–Kier alpha value is -2.85. The molecule has 5 rings (SSSR count). The fraction of sp³-hybridized carbons (Fsp3) is 0.433. The lowest BCUT2D eigenvalue weighted by Crippen LogP contribution is -2.36. The van der Waals surface area contributed by atoms with E-state index in [-0.39, 0.29) is 12.0 Å². The van der Waals surface area contributed by atoms with E-state index < -0.39 is 5.97 Å². The van der Waals surface area contributed by atoms with Crippen LogP contribution in [0.5, 0.6) is 5.75 Å². The zero-order chi connectivity index (χ0) is 23.5. The second-order valence-corrected chi connectivity index (χ2v) is 10.1. The highest BCUT2D eigenvalue weighted by molar-refractivity contribution is 5.90. The van der Waals surface area contributed by atoms with Gasteiger partial charge in [-0.3, -0.25) is 9.69 Å². The fourth-order valence-electron chi connectivity index (χ4n) is 5.83. The van der Waals surface area contributed by atoms with Crippen LogP contribution in [0.2, 0.25) is 0 Å². The summed E-state index contributed by atoms with van der Waals surface area (Å²) in [6, 6.07) is 21.7. The van der Waals surface area contributed by atoms with Crippen molar-refractivity contribution in [2.24, 2.45) is 5.92 Å². The van der Waals surface area contributed by atoms with Crippen LogP contribution in [0.4, 0.5) is 0 Å². The first-order chi connectivity index (χ1) is 16.6. The zero-order valence-corrected chi connectivity index (χ0v) is 20.1. The average molecular weight is 458 g/mol. The third kappa shape index (κ3) is 4.97. The molecule has 1 aliphatic heterocycles. The summed E-state index contributed by atoms with van der Waals surface area (Å²) in [4.78, 5) is 13.8. The van der Waals surface area contributed by atoms with Crippen molar-refractivity contribution in [2.75, 3.05) is 13.1 Å². The minimum atomic E-state index is -0.657. The molecule has 0 unspecified atom stereocenters. The van der Waals surface area contributed by atoms with Crippen LogP contribution in [0.1, 0.15) is 61.1 Å². The van der Waals surface area contributed by atoms with Crippen LogP contribution in [0.3, 0.4) is 0 Å². The highest BCUT2D eigenvalue weighted by Gasteiger charge is 2.27. The van der Waals surface area contributed by atoms with Crippen molar-refractivity contribution >= 4 is 16.7 Å². The van der Waals surface area contributed by atoms with Crippen LogP contribution in [0.25, 0.3) is 10.8 Å². The number of benzene rings is 3. The standard InChI is InChI=1S/C30H35NO3/c1-21-19-29(34-25-13-11-23(12-14-25)22-7-3-2-4-8-22)28(27-10-6-5-9-26(21)27)20-31-17-15-24(16-18-31)30(32)33/h2-10,19,23-25H,11-18,20H2,1H3,(H,32,33)/t23-,25+. The molecule has 1 heterocycles. The molecule has 34 heavy (non-hydrogen) atoms. The number of hydrogen-bond acceptors (Lipinski definition) is 3. The van der Waals surface area contributed by atoms with E-state index in [0.717, 1.165) is 51.1 Å². The van der Waals surface area contributed by atoms with Crippen molar-refractivity contribution in [1.29, 1.82) is 0 Å². The average Bonchev–Trinajstić information content (AvgIpc) is 2.88. The molecule has 1 aliphatic carbocycles. The summed E-state index contributed by atoms with van der Waals surface area (Å²) >= 11 is 0. The molecular weight excluding hydrogens is 422 g/mol. The van der Waals surface area contributed by atoms with Gasteiger partial charge in [-0.05, 0) is 92.4 Å². The largest absolute Gasteiger partial charge is 0.490 e. The first-order valence-electron chi connectivity index (χ1n) is 12.8. The Morgan fingerprint density at radius 2 is 1.56 bits per heavy atom. The molecule has 0 atom stereocenters. The molecule has 2 fully saturated rings. The van der Waals surface area contributed by atoms with Crippen molar-refractivity contribution in [3.05, 3.63) is 77.4 Å². The topological polar surface area (TPSA) is 49.8 Å². The quantitative estimate of drug-likeness (QED) is 0.456. The van der Waals surface area contributed by atoms with Gasteiger partial charge in [0.05, 0.1) is 12.0 Å². The van der Waals surface area contributed by atoms with Gasteiger partial charge in [-0.2, -0.15) is 0 Å². The molecule has 3 aromatic rings. The monoisotopic (exact) mass is 457 g/mol. The number of rotatable bonds is 6. The molecule has 1 saturated carbocycles. The van der Waals surface area contributed by atoms with Crippen LogP contribution in [0, 0.1) is 12.8 Å². The number of carboxylic acids is 1. The number of aliphatic carboxylic acids is 1. The number of hydrogen-bond donors (Lipinski definition) is 1. The molecule has 0 aromatic heterocycles. The van der Waals surface area contributed by atoms with Gasteiger partial charge in [0.15, 0.2) is 0 Å². The molecule has 4 nitrogen and oxygen atoms in total. The van der Waals surface area contributed by atoms with Gasteiger partial charge in [0.2, 0.25) is 0 Å². The molecule has 178 valence electrons. The van der Waals surface area contributed by atoms with Gasteiger partial charge in [-0.25, -0.2) is 0 Å². The molecule has 0 spiro atoms. The van der Waals surface area contributed by atoms with E-state index in [0.29, 0.717) is 5.92 Å². The van der Waals surface area contributed by atoms with Crippen molar-refractivity contribution in [2.45, 2.75) is 64.0 Å². The smallest absolute Gasteiger partial charge is 0.306 e. The SMILES string of the molecule is Cc1cc(O[C@H]2CC[C@@H](c3ccccc3)CC2)c(CN2CCC(C(=O)O)CC2)c2ccccc12. The number of fused-ring (bicyclic) bond motifs is 1. The van der Waals surface area contributed by atoms with Crippen LogP contribution in [-0.2, 0) is 11.3 Å². The predicted octanol–water partition coefficient (Wildman–Crippen LogP) is 6.55. The number of carbonyl (C=O) groups is 1. The lowest BCUT2D eigenvalue weighted by atomic mass is 9.83. The highest BCUT2D eigenvalue weighted by atomic mass is 16.5. The van der Waals surface area contributed by atoms with E-state index in [1.54, 1.807) is 0 Å². The van der Waals surface area contributed by atoms with Gasteiger partial charge in [0.25, 0.3) is 0 Å². The molecule has 3 aromatic carbocycles. The molecule has 4 heteroatoms. The summed E-state index contributed by atoms with van der Waals surface area (Å²) in [6.45, 7) is 4.62. The Labute approximate surface area is 202 Å². The third-order valence-electron chi connectivity index (χ3n) is 7.88. The maximum Gasteiger partial charge on any atom is 0.306 e. The van der Waals surface area contributed by atoms with Crippen LogP contribution in [0.15, 0.2) is 60.7 Å². The van der Waals surface area contributed by atoms with Gasteiger partial charge in [0, 0.05) is 12.1 Å². The second-order valence-electron chi connectivity index (χ2n) is 10.1. The molecule has 2 aliphatic rings. The maximum absolute atomic E-state index is 11.4. The summed E-state index contributed by atoms with van der Waals surface area (Å²) in [5.41, 5.74) is 3.95. The molecule has 1 saturated heterocycles. The summed E-state index contributed by atoms with van der Waals surface area (Å²) in [7, 11) is 0. The molecule has 0 amide bonds. The Morgan fingerprint density at radius 3 is 2.24 bits per heavy atom. The first-order valence-corrected chi connectivity index (χ1v) is 12.8. The van der Waals surface area contributed by atoms with E-state index >= 15 is 0 Å². The lowest BCUT2D eigenvalue weighted by Gasteiger charge is -2.33. The third-order valence-corrected chi connectivity index (χ3v) is 7.88. The fourth-order valence-corrected chi connectivity index (χ4v) is 5.83. The summed E-state index contributed by atoms with van der Waals surface area (Å²) in [5, 5.41) is 11.9. The Balaban J connectivity index is 1.34. The lowest BCUT2D eigenvalue weighted by molar-refractivity contribution is -0.143. The zero-order valence-electron chi connectivity index (χ0n) is 20.1. The van der Waals surface area contributed by atoms with Gasteiger partial charge >= 0.3 is 5.97 Å².